The number of nitrogens with one attached hydrogen (secondary N) is 1. The van der Waals surface area contributed by atoms with Gasteiger partial charge in [0.05, 0.1) is 17.7 Å². The molecule has 0 fully saturated rings. The summed E-state index contributed by atoms with van der Waals surface area (Å²) in [4.78, 5) is 36.8. The average molecular weight is 483 g/mol. The minimum Gasteiger partial charge on any atom is -0.462 e. The molecule has 0 aliphatic heterocycles. The molecule has 0 aromatic heterocycles. The summed E-state index contributed by atoms with van der Waals surface area (Å²) in [6.07, 6.45) is 3.16. The van der Waals surface area contributed by atoms with E-state index in [4.69, 9.17) is 9.47 Å². The zero-order valence-electron chi connectivity index (χ0n) is 20.1. The van der Waals surface area contributed by atoms with Crippen LogP contribution >= 0.6 is 0 Å². The molecule has 3 aromatic rings. The van der Waals surface area contributed by atoms with Crippen LogP contribution in [0.25, 0.3) is 6.08 Å². The predicted molar refractivity (Wildman–Crippen MR) is 136 cm³/mol. The van der Waals surface area contributed by atoms with Crippen LogP contribution in [0.3, 0.4) is 0 Å². The Morgan fingerprint density at radius 1 is 0.889 bits per heavy atom. The van der Waals surface area contributed by atoms with Crippen molar-refractivity contribution < 1.29 is 23.9 Å². The first kappa shape index (κ1) is 25.9. The molecule has 7 nitrogen and oxygen atoms in total. The van der Waals surface area contributed by atoms with E-state index in [0.29, 0.717) is 34.7 Å². The minimum atomic E-state index is -0.592. The zero-order chi connectivity index (χ0) is 25.9. The van der Waals surface area contributed by atoms with Crippen molar-refractivity contribution in [3.8, 4) is 11.8 Å². The number of hydrogen-bond donors (Lipinski definition) is 1. The number of unbranched alkanes of at least 4 members (excludes halogenated alkanes) is 1. The summed E-state index contributed by atoms with van der Waals surface area (Å²) >= 11 is 0. The van der Waals surface area contributed by atoms with Crippen molar-refractivity contribution in [2.45, 2.75) is 26.7 Å². The summed E-state index contributed by atoms with van der Waals surface area (Å²) in [5, 5.41) is 12.1. The number of nitriles is 1. The van der Waals surface area contributed by atoms with Gasteiger partial charge in [-0.25, -0.2) is 9.59 Å². The topological polar surface area (TPSA) is 105 Å². The molecule has 0 unspecified atom stereocenters. The number of rotatable bonds is 9. The number of anilines is 1. The molecule has 182 valence electrons. The van der Waals surface area contributed by atoms with E-state index in [1.165, 1.54) is 6.08 Å². The Morgan fingerprint density at radius 2 is 1.50 bits per heavy atom. The second kappa shape index (κ2) is 12.7. The number of hydrogen-bond acceptors (Lipinski definition) is 6. The Labute approximate surface area is 210 Å². The van der Waals surface area contributed by atoms with Crippen molar-refractivity contribution in [1.82, 2.24) is 0 Å². The maximum atomic E-state index is 12.6. The maximum absolute atomic E-state index is 12.6. The van der Waals surface area contributed by atoms with Gasteiger partial charge in [-0.3, -0.25) is 4.79 Å². The SMILES string of the molecule is CCCCOC(=O)c1ccc(NC(=O)C(C#N)=Cc2ccc(OC(=O)c3ccc(C)cc3)cc2)cc1. The molecular formula is C29H26N2O5. The van der Waals surface area contributed by atoms with E-state index in [-0.39, 0.29) is 5.57 Å². The molecule has 0 spiro atoms. The van der Waals surface area contributed by atoms with Crippen molar-refractivity contribution >= 4 is 29.6 Å². The Kier molecular flexibility index (Phi) is 9.12. The van der Waals surface area contributed by atoms with Gasteiger partial charge in [-0.05, 0) is 73.5 Å². The molecule has 0 saturated heterocycles. The zero-order valence-corrected chi connectivity index (χ0v) is 20.1. The normalized spacial score (nSPS) is 10.8. The molecule has 1 N–H and O–H groups in total. The molecule has 0 aliphatic rings. The first-order valence-corrected chi connectivity index (χ1v) is 11.5. The van der Waals surface area contributed by atoms with Crippen LogP contribution in [0.4, 0.5) is 5.69 Å². The molecule has 1 amide bonds. The van der Waals surface area contributed by atoms with Gasteiger partial charge in [-0.1, -0.05) is 43.2 Å². The fourth-order valence-electron chi connectivity index (χ4n) is 3.08. The summed E-state index contributed by atoms with van der Waals surface area (Å²) in [5.74, 6) is -1.15. The Bertz CT molecular complexity index is 1290. The molecule has 0 heterocycles. The minimum absolute atomic E-state index is 0.109. The molecule has 0 atom stereocenters. The molecule has 7 heteroatoms. The third kappa shape index (κ3) is 7.40. The third-order valence-corrected chi connectivity index (χ3v) is 5.16. The van der Waals surface area contributed by atoms with Crippen molar-refractivity contribution in [1.29, 1.82) is 5.26 Å². The number of amides is 1. The lowest BCUT2D eigenvalue weighted by Crippen LogP contribution is -2.13. The molecule has 0 saturated carbocycles. The maximum Gasteiger partial charge on any atom is 0.343 e. The van der Waals surface area contributed by atoms with Gasteiger partial charge in [0.1, 0.15) is 17.4 Å². The largest absolute Gasteiger partial charge is 0.462 e. The van der Waals surface area contributed by atoms with Crippen LogP contribution in [0.15, 0.2) is 78.4 Å². The fourth-order valence-corrected chi connectivity index (χ4v) is 3.08. The van der Waals surface area contributed by atoms with Gasteiger partial charge in [-0.15, -0.1) is 0 Å². The Morgan fingerprint density at radius 3 is 2.11 bits per heavy atom. The molecule has 0 radical (unpaired) electrons. The predicted octanol–water partition coefficient (Wildman–Crippen LogP) is 5.72. The highest BCUT2D eigenvalue weighted by Gasteiger charge is 2.12. The second-order valence-corrected chi connectivity index (χ2v) is 8.02. The number of nitrogens with zero attached hydrogens (tertiary/aromatic N) is 1. The van der Waals surface area contributed by atoms with Crippen LogP contribution in [-0.4, -0.2) is 24.5 Å². The number of carbonyl (C=O) groups excluding carboxylic acids is 3. The lowest BCUT2D eigenvalue weighted by Gasteiger charge is -2.07. The smallest absolute Gasteiger partial charge is 0.343 e. The number of ether oxygens (including phenoxy) is 2. The van der Waals surface area contributed by atoms with E-state index in [1.807, 2.05) is 32.0 Å². The molecule has 3 aromatic carbocycles. The molecule has 36 heavy (non-hydrogen) atoms. The van der Waals surface area contributed by atoms with Gasteiger partial charge in [0.2, 0.25) is 0 Å². The monoisotopic (exact) mass is 482 g/mol. The van der Waals surface area contributed by atoms with E-state index in [9.17, 15) is 19.6 Å². The van der Waals surface area contributed by atoms with Crippen LogP contribution in [0.1, 0.15) is 51.6 Å². The van der Waals surface area contributed by atoms with Crippen LogP contribution < -0.4 is 10.1 Å². The fraction of sp³-hybridized carbons (Fsp3) is 0.172. The van der Waals surface area contributed by atoms with Gasteiger partial charge >= 0.3 is 11.9 Å². The summed E-state index contributed by atoms with van der Waals surface area (Å²) in [7, 11) is 0. The number of aryl methyl sites for hydroxylation is 1. The van der Waals surface area contributed by atoms with Crippen molar-refractivity contribution in [2.75, 3.05) is 11.9 Å². The summed E-state index contributed by atoms with van der Waals surface area (Å²) in [6.45, 7) is 4.30. The van der Waals surface area contributed by atoms with Crippen LogP contribution in [0.2, 0.25) is 0 Å². The lowest BCUT2D eigenvalue weighted by molar-refractivity contribution is -0.112. The standard InChI is InChI=1S/C29H26N2O5/c1-3-4-17-35-28(33)22-11-13-25(14-12-22)31-27(32)24(19-30)18-21-7-15-26(16-8-21)36-29(34)23-9-5-20(2)6-10-23/h5-16,18H,3-4,17H2,1-2H3,(H,31,32). The molecule has 3 rings (SSSR count). The van der Waals surface area contributed by atoms with Crippen molar-refractivity contribution in [2.24, 2.45) is 0 Å². The summed E-state index contributed by atoms with van der Waals surface area (Å²) in [6, 6.07) is 21.6. The number of esters is 2. The van der Waals surface area contributed by atoms with Crippen molar-refractivity contribution in [3.05, 3.63) is 101 Å². The molecular weight excluding hydrogens is 456 g/mol. The lowest BCUT2D eigenvalue weighted by atomic mass is 10.1. The Balaban J connectivity index is 1.60. The molecule has 0 bridgehead atoms. The highest BCUT2D eigenvalue weighted by atomic mass is 16.5. The van der Waals surface area contributed by atoms with E-state index in [0.717, 1.165) is 18.4 Å². The van der Waals surface area contributed by atoms with E-state index >= 15 is 0 Å². The van der Waals surface area contributed by atoms with Gasteiger partial charge < -0.3 is 14.8 Å². The van der Waals surface area contributed by atoms with Crippen molar-refractivity contribution in [3.63, 3.8) is 0 Å². The summed E-state index contributed by atoms with van der Waals surface area (Å²) in [5.41, 5.74) is 2.77. The van der Waals surface area contributed by atoms with Gasteiger partial charge in [0, 0.05) is 5.69 Å². The van der Waals surface area contributed by atoms with Crippen LogP contribution in [0.5, 0.6) is 5.75 Å². The quantitative estimate of drug-likeness (QED) is 0.138. The van der Waals surface area contributed by atoms with Gasteiger partial charge in [-0.2, -0.15) is 5.26 Å². The average Bonchev–Trinajstić information content (AvgIpc) is 2.89. The summed E-state index contributed by atoms with van der Waals surface area (Å²) < 4.78 is 10.5. The molecule has 0 aliphatic carbocycles. The highest BCUT2D eigenvalue weighted by Crippen LogP contribution is 2.18. The van der Waals surface area contributed by atoms with E-state index in [1.54, 1.807) is 60.7 Å². The van der Waals surface area contributed by atoms with Crippen LogP contribution in [-0.2, 0) is 9.53 Å². The first-order chi connectivity index (χ1) is 17.4. The highest BCUT2D eigenvalue weighted by molar-refractivity contribution is 6.09. The van der Waals surface area contributed by atoms with E-state index < -0.39 is 17.8 Å². The number of benzene rings is 3. The van der Waals surface area contributed by atoms with Gasteiger partial charge in [0.25, 0.3) is 5.91 Å². The number of carbonyl (C=O) groups is 3. The second-order valence-electron chi connectivity index (χ2n) is 8.02. The first-order valence-electron chi connectivity index (χ1n) is 11.5. The van der Waals surface area contributed by atoms with E-state index in [2.05, 4.69) is 5.32 Å². The third-order valence-electron chi connectivity index (χ3n) is 5.16. The Hall–Kier alpha value is -4.70. The van der Waals surface area contributed by atoms with Crippen LogP contribution in [0, 0.1) is 18.3 Å². The van der Waals surface area contributed by atoms with Gasteiger partial charge in [0.15, 0.2) is 0 Å².